The summed E-state index contributed by atoms with van der Waals surface area (Å²) in [4.78, 5) is 24.3. The van der Waals surface area contributed by atoms with Gasteiger partial charge in [0, 0.05) is 6.54 Å². The standard InChI is InChI=1S/C14H20N2O3/c1-10-4-6-11(7-5-10)13(16(2)3)14(19)15-9-8-12(17)18/h4-7,13H,8-9H2,1-3H3,(H,15,19)(H,17,18)/t13-/m1/s1. The molecule has 0 aliphatic heterocycles. The first kappa shape index (κ1) is 15.2. The fourth-order valence-corrected chi connectivity index (χ4v) is 1.82. The number of carboxylic acids is 1. The van der Waals surface area contributed by atoms with E-state index in [-0.39, 0.29) is 18.9 Å². The largest absolute Gasteiger partial charge is 0.481 e. The van der Waals surface area contributed by atoms with Crippen molar-refractivity contribution in [2.24, 2.45) is 0 Å². The molecule has 1 aromatic rings. The maximum Gasteiger partial charge on any atom is 0.305 e. The van der Waals surface area contributed by atoms with E-state index in [1.54, 1.807) is 4.90 Å². The van der Waals surface area contributed by atoms with E-state index >= 15 is 0 Å². The van der Waals surface area contributed by atoms with Crippen molar-refractivity contribution >= 4 is 11.9 Å². The van der Waals surface area contributed by atoms with Crippen LogP contribution in [-0.4, -0.2) is 42.5 Å². The fourth-order valence-electron chi connectivity index (χ4n) is 1.82. The third kappa shape index (κ3) is 4.71. The summed E-state index contributed by atoms with van der Waals surface area (Å²) in [5, 5.41) is 11.2. The second-order valence-corrected chi connectivity index (χ2v) is 4.71. The summed E-state index contributed by atoms with van der Waals surface area (Å²) < 4.78 is 0. The number of likely N-dealkylation sites (N-methyl/N-ethyl adjacent to an activating group) is 1. The van der Waals surface area contributed by atoms with Crippen molar-refractivity contribution in [3.63, 3.8) is 0 Å². The maximum atomic E-state index is 12.1. The highest BCUT2D eigenvalue weighted by molar-refractivity contribution is 5.83. The van der Waals surface area contributed by atoms with Gasteiger partial charge in [0.15, 0.2) is 0 Å². The monoisotopic (exact) mass is 264 g/mol. The lowest BCUT2D eigenvalue weighted by molar-refractivity contribution is -0.137. The molecule has 19 heavy (non-hydrogen) atoms. The smallest absolute Gasteiger partial charge is 0.305 e. The van der Waals surface area contributed by atoms with Crippen molar-refractivity contribution in [3.05, 3.63) is 35.4 Å². The minimum atomic E-state index is -0.919. The first-order valence-corrected chi connectivity index (χ1v) is 6.14. The van der Waals surface area contributed by atoms with Crippen LogP contribution in [0.15, 0.2) is 24.3 Å². The molecule has 0 aromatic heterocycles. The van der Waals surface area contributed by atoms with Gasteiger partial charge in [-0.2, -0.15) is 0 Å². The molecule has 0 bridgehead atoms. The van der Waals surface area contributed by atoms with E-state index in [0.29, 0.717) is 0 Å². The summed E-state index contributed by atoms with van der Waals surface area (Å²) in [5.74, 6) is -1.10. The average molecular weight is 264 g/mol. The number of amides is 1. The van der Waals surface area contributed by atoms with Crippen LogP contribution in [0.3, 0.4) is 0 Å². The van der Waals surface area contributed by atoms with E-state index in [1.807, 2.05) is 45.3 Å². The van der Waals surface area contributed by atoms with Crippen LogP contribution in [0.1, 0.15) is 23.6 Å². The zero-order valence-electron chi connectivity index (χ0n) is 11.5. The molecule has 0 spiro atoms. The summed E-state index contributed by atoms with van der Waals surface area (Å²) >= 11 is 0. The number of nitrogens with one attached hydrogen (secondary N) is 1. The van der Waals surface area contributed by atoms with Crippen LogP contribution in [0, 0.1) is 6.92 Å². The molecule has 0 fully saturated rings. The topological polar surface area (TPSA) is 69.6 Å². The molecule has 1 amide bonds. The average Bonchev–Trinajstić information content (AvgIpc) is 2.31. The number of carbonyl (C=O) groups excluding carboxylic acids is 1. The van der Waals surface area contributed by atoms with E-state index < -0.39 is 12.0 Å². The number of nitrogens with zero attached hydrogens (tertiary/aromatic N) is 1. The Morgan fingerprint density at radius 1 is 1.26 bits per heavy atom. The van der Waals surface area contributed by atoms with Crippen molar-refractivity contribution < 1.29 is 14.7 Å². The van der Waals surface area contributed by atoms with Gasteiger partial charge in [-0.15, -0.1) is 0 Å². The molecule has 1 rings (SSSR count). The predicted molar refractivity (Wildman–Crippen MR) is 72.9 cm³/mol. The second kappa shape index (κ2) is 6.89. The lowest BCUT2D eigenvalue weighted by Gasteiger charge is -2.23. The van der Waals surface area contributed by atoms with Crippen molar-refractivity contribution in [1.82, 2.24) is 10.2 Å². The normalized spacial score (nSPS) is 12.2. The van der Waals surface area contributed by atoms with Gasteiger partial charge in [0.05, 0.1) is 6.42 Å². The third-order valence-electron chi connectivity index (χ3n) is 2.80. The molecule has 0 aliphatic carbocycles. The van der Waals surface area contributed by atoms with Crippen molar-refractivity contribution in [2.45, 2.75) is 19.4 Å². The first-order valence-electron chi connectivity index (χ1n) is 6.14. The lowest BCUT2D eigenvalue weighted by Crippen LogP contribution is -2.37. The van der Waals surface area contributed by atoms with Gasteiger partial charge < -0.3 is 10.4 Å². The Hall–Kier alpha value is -1.88. The Kier molecular flexibility index (Phi) is 5.51. The Labute approximate surface area is 113 Å². The van der Waals surface area contributed by atoms with Crippen molar-refractivity contribution in [1.29, 1.82) is 0 Å². The Morgan fingerprint density at radius 2 is 1.84 bits per heavy atom. The highest BCUT2D eigenvalue weighted by Crippen LogP contribution is 2.18. The number of rotatable bonds is 6. The summed E-state index contributed by atoms with van der Waals surface area (Å²) in [5.41, 5.74) is 2.02. The van der Waals surface area contributed by atoms with Crippen LogP contribution in [-0.2, 0) is 9.59 Å². The Bertz CT molecular complexity index is 441. The van der Waals surface area contributed by atoms with E-state index in [9.17, 15) is 9.59 Å². The zero-order valence-corrected chi connectivity index (χ0v) is 11.5. The van der Waals surface area contributed by atoms with Gasteiger partial charge in [-0.1, -0.05) is 29.8 Å². The number of aliphatic carboxylic acids is 1. The third-order valence-corrected chi connectivity index (χ3v) is 2.80. The summed E-state index contributed by atoms with van der Waals surface area (Å²) in [7, 11) is 3.64. The highest BCUT2D eigenvalue weighted by Gasteiger charge is 2.22. The van der Waals surface area contributed by atoms with Gasteiger partial charge in [0.1, 0.15) is 6.04 Å². The number of hydrogen-bond acceptors (Lipinski definition) is 3. The quantitative estimate of drug-likeness (QED) is 0.809. The van der Waals surface area contributed by atoms with Crippen LogP contribution in [0.2, 0.25) is 0 Å². The van der Waals surface area contributed by atoms with Crippen molar-refractivity contribution in [2.75, 3.05) is 20.6 Å². The molecule has 2 N–H and O–H groups in total. The van der Waals surface area contributed by atoms with Crippen molar-refractivity contribution in [3.8, 4) is 0 Å². The van der Waals surface area contributed by atoms with E-state index in [1.165, 1.54) is 0 Å². The minimum absolute atomic E-state index is 0.0697. The molecule has 1 atom stereocenters. The molecule has 1 aromatic carbocycles. The molecule has 0 aliphatic rings. The van der Waals surface area contributed by atoms with Crippen LogP contribution in [0.5, 0.6) is 0 Å². The molecule has 0 saturated carbocycles. The molecule has 5 nitrogen and oxygen atoms in total. The SMILES string of the molecule is Cc1ccc([C@H](C(=O)NCCC(=O)O)N(C)C)cc1. The lowest BCUT2D eigenvalue weighted by atomic mass is 10.0. The van der Waals surface area contributed by atoms with E-state index in [0.717, 1.165) is 11.1 Å². The number of hydrogen-bond donors (Lipinski definition) is 2. The maximum absolute atomic E-state index is 12.1. The number of aryl methyl sites for hydroxylation is 1. The molecular weight excluding hydrogens is 244 g/mol. The van der Waals surface area contributed by atoms with Gasteiger partial charge in [0.2, 0.25) is 5.91 Å². The number of carbonyl (C=O) groups is 2. The van der Waals surface area contributed by atoms with Crippen LogP contribution >= 0.6 is 0 Å². The first-order chi connectivity index (χ1) is 8.91. The van der Waals surface area contributed by atoms with Gasteiger partial charge in [-0.05, 0) is 26.6 Å². The Morgan fingerprint density at radius 3 is 2.32 bits per heavy atom. The fraction of sp³-hybridized carbons (Fsp3) is 0.429. The van der Waals surface area contributed by atoms with E-state index in [2.05, 4.69) is 5.32 Å². The molecular formula is C14H20N2O3. The van der Waals surface area contributed by atoms with Crippen LogP contribution in [0.4, 0.5) is 0 Å². The summed E-state index contributed by atoms with van der Waals surface area (Å²) in [6.45, 7) is 2.13. The molecule has 0 heterocycles. The summed E-state index contributed by atoms with van der Waals surface area (Å²) in [6, 6.07) is 7.33. The van der Waals surface area contributed by atoms with Gasteiger partial charge in [0.25, 0.3) is 0 Å². The molecule has 0 radical (unpaired) electrons. The van der Waals surface area contributed by atoms with Crippen LogP contribution in [0.25, 0.3) is 0 Å². The van der Waals surface area contributed by atoms with Crippen LogP contribution < -0.4 is 5.32 Å². The molecule has 0 unspecified atom stereocenters. The van der Waals surface area contributed by atoms with E-state index in [4.69, 9.17) is 5.11 Å². The summed E-state index contributed by atoms with van der Waals surface area (Å²) in [6.07, 6.45) is -0.0697. The number of benzene rings is 1. The Balaban J connectivity index is 2.74. The second-order valence-electron chi connectivity index (χ2n) is 4.71. The predicted octanol–water partition coefficient (Wildman–Crippen LogP) is 1.19. The van der Waals surface area contributed by atoms with Gasteiger partial charge in [-0.25, -0.2) is 0 Å². The van der Waals surface area contributed by atoms with Gasteiger partial charge in [-0.3, -0.25) is 14.5 Å². The minimum Gasteiger partial charge on any atom is -0.481 e. The highest BCUT2D eigenvalue weighted by atomic mass is 16.4. The molecule has 0 saturated heterocycles. The molecule has 104 valence electrons. The molecule has 5 heteroatoms. The zero-order chi connectivity index (χ0) is 14.4. The number of carboxylic acid groups (broad SMARTS) is 1. The van der Waals surface area contributed by atoms with Gasteiger partial charge >= 0.3 is 5.97 Å².